The number of hydrogen-bond acceptors (Lipinski definition) is 7. The summed E-state index contributed by atoms with van der Waals surface area (Å²) in [6, 6.07) is 2.13. The second-order valence-corrected chi connectivity index (χ2v) is 5.87. The minimum absolute atomic E-state index is 0.000931. The fraction of sp³-hybridized carbons (Fsp3) is 0.467. The molecular formula is C15H16N4O4. The summed E-state index contributed by atoms with van der Waals surface area (Å²) < 4.78 is 16.4. The molecule has 1 atom stereocenters. The van der Waals surface area contributed by atoms with E-state index in [-0.39, 0.29) is 17.6 Å². The molecule has 23 heavy (non-hydrogen) atoms. The molecule has 0 aliphatic carbocycles. The first-order chi connectivity index (χ1) is 11.2. The van der Waals surface area contributed by atoms with Crippen LogP contribution in [0, 0.1) is 0 Å². The standard InChI is InChI=1S/C15H16N4O4/c20-13(11-7-18-22-8-11)19-9-15(10-19)6-12(2-5-21-15)23-14-16-3-1-4-17-14/h1,3-4,7-8,12H,2,5-6,9-10H2/t12-/m0/s1. The van der Waals surface area contributed by atoms with Gasteiger partial charge >= 0.3 is 6.01 Å². The molecule has 2 aromatic rings. The largest absolute Gasteiger partial charge is 0.460 e. The van der Waals surface area contributed by atoms with Crippen molar-refractivity contribution in [2.75, 3.05) is 19.7 Å². The van der Waals surface area contributed by atoms with Crippen LogP contribution in [0.1, 0.15) is 23.2 Å². The maximum absolute atomic E-state index is 12.2. The monoisotopic (exact) mass is 316 g/mol. The van der Waals surface area contributed by atoms with E-state index in [9.17, 15) is 4.79 Å². The molecule has 120 valence electrons. The number of nitrogens with zero attached hydrogens (tertiary/aromatic N) is 4. The molecule has 0 radical (unpaired) electrons. The van der Waals surface area contributed by atoms with Crippen molar-refractivity contribution < 1.29 is 18.8 Å². The second kappa shape index (κ2) is 5.62. The van der Waals surface area contributed by atoms with Gasteiger partial charge in [0.1, 0.15) is 18.0 Å². The Hall–Kier alpha value is -2.48. The molecule has 1 spiro atoms. The number of rotatable bonds is 3. The molecule has 4 rings (SSSR count). The molecule has 0 saturated carbocycles. The van der Waals surface area contributed by atoms with Gasteiger partial charge < -0.3 is 18.9 Å². The van der Waals surface area contributed by atoms with Crippen LogP contribution in [-0.4, -0.2) is 57.3 Å². The summed E-state index contributed by atoms with van der Waals surface area (Å²) in [5.74, 6) is -0.0880. The van der Waals surface area contributed by atoms with Crippen molar-refractivity contribution in [3.63, 3.8) is 0 Å². The predicted molar refractivity (Wildman–Crippen MR) is 76.8 cm³/mol. The summed E-state index contributed by atoms with van der Waals surface area (Å²) in [6.45, 7) is 1.70. The number of aromatic nitrogens is 3. The zero-order valence-electron chi connectivity index (χ0n) is 12.4. The normalized spacial score (nSPS) is 22.6. The molecule has 1 amide bonds. The number of carbonyl (C=O) groups is 1. The molecule has 8 heteroatoms. The summed E-state index contributed by atoms with van der Waals surface area (Å²) in [7, 11) is 0. The third kappa shape index (κ3) is 2.77. The van der Waals surface area contributed by atoms with Crippen molar-refractivity contribution in [3.05, 3.63) is 36.5 Å². The highest BCUT2D eigenvalue weighted by Crippen LogP contribution is 2.36. The molecular weight excluding hydrogens is 300 g/mol. The van der Waals surface area contributed by atoms with Gasteiger partial charge in [-0.25, -0.2) is 9.97 Å². The van der Waals surface area contributed by atoms with E-state index in [2.05, 4.69) is 15.1 Å². The van der Waals surface area contributed by atoms with Crippen LogP contribution in [0.3, 0.4) is 0 Å². The van der Waals surface area contributed by atoms with Crippen molar-refractivity contribution in [1.29, 1.82) is 0 Å². The first-order valence-corrected chi connectivity index (χ1v) is 7.50. The molecule has 2 aromatic heterocycles. The average Bonchev–Trinajstić information content (AvgIpc) is 3.07. The fourth-order valence-corrected chi connectivity index (χ4v) is 3.09. The summed E-state index contributed by atoms with van der Waals surface area (Å²) in [5.41, 5.74) is 0.131. The maximum atomic E-state index is 12.2. The molecule has 8 nitrogen and oxygen atoms in total. The van der Waals surface area contributed by atoms with E-state index in [1.165, 1.54) is 12.5 Å². The zero-order valence-corrected chi connectivity index (χ0v) is 12.4. The predicted octanol–water partition coefficient (Wildman–Crippen LogP) is 0.917. The van der Waals surface area contributed by atoms with Gasteiger partial charge in [0, 0.05) is 25.2 Å². The minimum atomic E-state index is -0.329. The van der Waals surface area contributed by atoms with Crippen LogP contribution in [0.4, 0.5) is 0 Å². The third-order valence-electron chi connectivity index (χ3n) is 4.19. The molecule has 4 heterocycles. The fourth-order valence-electron chi connectivity index (χ4n) is 3.09. The van der Waals surface area contributed by atoms with Gasteiger partial charge in [0.25, 0.3) is 5.91 Å². The van der Waals surface area contributed by atoms with E-state index in [1.54, 1.807) is 23.4 Å². The first-order valence-electron chi connectivity index (χ1n) is 7.50. The lowest BCUT2D eigenvalue weighted by molar-refractivity contribution is -0.174. The van der Waals surface area contributed by atoms with E-state index in [1.807, 2.05) is 0 Å². The van der Waals surface area contributed by atoms with Crippen molar-refractivity contribution in [3.8, 4) is 6.01 Å². The number of amides is 1. The van der Waals surface area contributed by atoms with Gasteiger partial charge in [-0.2, -0.15) is 0 Å². The molecule has 2 saturated heterocycles. The molecule has 0 N–H and O–H groups in total. The van der Waals surface area contributed by atoms with Crippen molar-refractivity contribution in [2.24, 2.45) is 0 Å². The van der Waals surface area contributed by atoms with Crippen LogP contribution in [-0.2, 0) is 4.74 Å². The minimum Gasteiger partial charge on any atom is -0.460 e. The Kier molecular flexibility index (Phi) is 3.45. The Labute approximate surface area is 132 Å². The van der Waals surface area contributed by atoms with Crippen molar-refractivity contribution in [2.45, 2.75) is 24.5 Å². The SMILES string of the molecule is O=C(c1cnoc1)N1CC2(C[C@@H](Oc3ncccn3)CCO2)C1. The number of likely N-dealkylation sites (tertiary alicyclic amines) is 1. The molecule has 0 bridgehead atoms. The Morgan fingerprint density at radius 1 is 1.35 bits per heavy atom. The lowest BCUT2D eigenvalue weighted by atomic mass is 9.84. The lowest BCUT2D eigenvalue weighted by Gasteiger charge is -2.52. The quantitative estimate of drug-likeness (QED) is 0.831. The lowest BCUT2D eigenvalue weighted by Crippen LogP contribution is -2.67. The molecule has 0 aromatic carbocycles. The van der Waals surface area contributed by atoms with Crippen LogP contribution in [0.2, 0.25) is 0 Å². The summed E-state index contributed by atoms with van der Waals surface area (Å²) in [6.07, 6.45) is 7.60. The number of carbonyl (C=O) groups excluding carboxylic acids is 1. The van der Waals surface area contributed by atoms with E-state index in [0.717, 1.165) is 12.8 Å². The van der Waals surface area contributed by atoms with E-state index in [4.69, 9.17) is 14.0 Å². The van der Waals surface area contributed by atoms with Crippen LogP contribution >= 0.6 is 0 Å². The molecule has 2 aliphatic rings. The Morgan fingerprint density at radius 2 is 2.17 bits per heavy atom. The number of ether oxygens (including phenoxy) is 2. The second-order valence-electron chi connectivity index (χ2n) is 5.87. The van der Waals surface area contributed by atoms with Gasteiger partial charge in [0.2, 0.25) is 0 Å². The van der Waals surface area contributed by atoms with E-state index >= 15 is 0 Å². The first kappa shape index (κ1) is 14.1. The summed E-state index contributed by atoms with van der Waals surface area (Å²) in [4.78, 5) is 22.1. The highest BCUT2D eigenvalue weighted by atomic mass is 16.5. The van der Waals surface area contributed by atoms with Crippen LogP contribution in [0.15, 0.2) is 35.4 Å². The van der Waals surface area contributed by atoms with Crippen molar-refractivity contribution >= 4 is 5.91 Å². The summed E-state index contributed by atoms with van der Waals surface area (Å²) >= 11 is 0. The highest BCUT2D eigenvalue weighted by molar-refractivity contribution is 5.94. The van der Waals surface area contributed by atoms with Gasteiger partial charge in [-0.15, -0.1) is 0 Å². The molecule has 2 fully saturated rings. The smallest absolute Gasteiger partial charge is 0.316 e. The van der Waals surface area contributed by atoms with Crippen LogP contribution in [0.25, 0.3) is 0 Å². The Bertz CT molecular complexity index is 670. The Morgan fingerprint density at radius 3 is 2.91 bits per heavy atom. The van der Waals surface area contributed by atoms with Gasteiger partial charge in [-0.3, -0.25) is 4.79 Å². The van der Waals surface area contributed by atoms with E-state index in [0.29, 0.717) is 31.3 Å². The average molecular weight is 316 g/mol. The third-order valence-corrected chi connectivity index (χ3v) is 4.19. The van der Waals surface area contributed by atoms with Gasteiger partial charge in [-0.05, 0) is 6.07 Å². The topological polar surface area (TPSA) is 90.6 Å². The maximum Gasteiger partial charge on any atom is 0.316 e. The molecule has 2 aliphatic heterocycles. The van der Waals surface area contributed by atoms with Crippen LogP contribution < -0.4 is 4.74 Å². The Balaban J connectivity index is 1.36. The zero-order chi connectivity index (χ0) is 15.7. The van der Waals surface area contributed by atoms with Crippen LogP contribution in [0.5, 0.6) is 6.01 Å². The van der Waals surface area contributed by atoms with Gasteiger partial charge in [0.05, 0.1) is 31.5 Å². The van der Waals surface area contributed by atoms with Gasteiger partial charge in [0.15, 0.2) is 0 Å². The van der Waals surface area contributed by atoms with Crippen molar-refractivity contribution in [1.82, 2.24) is 20.0 Å². The number of hydrogen-bond donors (Lipinski definition) is 0. The van der Waals surface area contributed by atoms with E-state index < -0.39 is 0 Å². The van der Waals surface area contributed by atoms with Gasteiger partial charge in [-0.1, -0.05) is 5.16 Å². The highest BCUT2D eigenvalue weighted by Gasteiger charge is 2.50. The summed E-state index contributed by atoms with van der Waals surface area (Å²) in [5, 5.41) is 3.56. The molecule has 0 unspecified atom stereocenters.